The second-order valence-corrected chi connectivity index (χ2v) is 4.88. The first kappa shape index (κ1) is 16.2. The van der Waals surface area contributed by atoms with Crippen molar-refractivity contribution < 1.29 is 9.83 Å². The topological polar surface area (TPSA) is 143 Å². The maximum Gasteiger partial charge on any atom is 0.251 e. The quantitative estimate of drug-likeness (QED) is 0.189. The number of nitrogens with two attached hydrogens (primary N) is 2. The number of carbonyl (C=O) groups excluding carboxylic acids is 1. The molecule has 0 radical (unpaired) electrons. The van der Waals surface area contributed by atoms with Crippen molar-refractivity contribution >= 4 is 11.9 Å². The van der Waals surface area contributed by atoms with Gasteiger partial charge >= 0.3 is 0 Å². The van der Waals surface area contributed by atoms with Crippen molar-refractivity contribution in [3.8, 4) is 0 Å². The molecular formula is C11H22N6O3. The number of carbonyl (C=O) groups is 1. The second-order valence-electron chi connectivity index (χ2n) is 4.88. The van der Waals surface area contributed by atoms with Crippen molar-refractivity contribution in [3.63, 3.8) is 0 Å². The van der Waals surface area contributed by atoms with Crippen LogP contribution in [-0.2, 0) is 4.79 Å². The van der Waals surface area contributed by atoms with Crippen LogP contribution in [0, 0.1) is 15.5 Å². The van der Waals surface area contributed by atoms with Gasteiger partial charge in [-0.3, -0.25) is 10.2 Å². The molecule has 9 heteroatoms. The van der Waals surface area contributed by atoms with Crippen LogP contribution in [0.25, 0.3) is 0 Å². The Kier molecular flexibility index (Phi) is 6.16. The number of nitrogens with one attached hydrogen (secondary N) is 1. The summed E-state index contributed by atoms with van der Waals surface area (Å²) >= 11 is 0. The van der Waals surface area contributed by atoms with Gasteiger partial charge in [-0.25, -0.2) is 10.1 Å². The number of rotatable bonds is 7. The van der Waals surface area contributed by atoms with Gasteiger partial charge in [-0.2, -0.15) is 0 Å². The highest BCUT2D eigenvalue weighted by atomic mass is 16.7. The van der Waals surface area contributed by atoms with E-state index in [1.807, 2.05) is 0 Å². The molecule has 0 aromatic carbocycles. The Morgan fingerprint density at radius 2 is 2.00 bits per heavy atom. The number of likely N-dealkylation sites (tertiary alicyclic amines) is 1. The molecule has 114 valence electrons. The molecule has 9 nitrogen and oxygen atoms in total. The van der Waals surface area contributed by atoms with Gasteiger partial charge in [0.25, 0.3) is 5.96 Å². The fourth-order valence-electron chi connectivity index (χ4n) is 2.21. The first-order valence-corrected chi connectivity index (χ1v) is 6.73. The van der Waals surface area contributed by atoms with E-state index in [1.54, 1.807) is 4.90 Å². The van der Waals surface area contributed by atoms with Crippen molar-refractivity contribution in [2.75, 3.05) is 19.6 Å². The van der Waals surface area contributed by atoms with Gasteiger partial charge in [0.05, 0.1) is 12.6 Å². The Hall–Kier alpha value is -1.90. The maximum atomic E-state index is 11.9. The van der Waals surface area contributed by atoms with Crippen molar-refractivity contribution in [1.29, 1.82) is 5.41 Å². The van der Waals surface area contributed by atoms with Crippen LogP contribution in [-0.4, -0.2) is 52.5 Å². The van der Waals surface area contributed by atoms with E-state index in [0.717, 1.165) is 25.9 Å². The Morgan fingerprint density at radius 1 is 1.40 bits per heavy atom. The summed E-state index contributed by atoms with van der Waals surface area (Å²) in [5.74, 6) is -0.632. The molecule has 1 aliphatic heterocycles. The normalized spacial score (nSPS) is 15.9. The number of guanidine groups is 1. The number of hydrogen-bond donors (Lipinski definition) is 3. The Balaban J connectivity index is 2.24. The average Bonchev–Trinajstić information content (AvgIpc) is 2.90. The molecule has 1 atom stereocenters. The number of nitro groups is 1. The molecule has 0 bridgehead atoms. The summed E-state index contributed by atoms with van der Waals surface area (Å²) in [5.41, 5.74) is 10.9. The van der Waals surface area contributed by atoms with E-state index < -0.39 is 17.0 Å². The molecule has 20 heavy (non-hydrogen) atoms. The minimum Gasteiger partial charge on any atom is -0.365 e. The second kappa shape index (κ2) is 7.63. The van der Waals surface area contributed by atoms with Gasteiger partial charge in [0.2, 0.25) is 5.91 Å². The van der Waals surface area contributed by atoms with E-state index >= 15 is 0 Å². The highest BCUT2D eigenvalue weighted by Crippen LogP contribution is 2.11. The summed E-state index contributed by atoms with van der Waals surface area (Å²) in [4.78, 5) is 24.3. The molecule has 1 saturated heterocycles. The molecular weight excluding hydrogens is 264 g/mol. The minimum atomic E-state index is -0.711. The molecule has 1 heterocycles. The molecule has 0 spiro atoms. The van der Waals surface area contributed by atoms with E-state index in [2.05, 4.69) is 0 Å². The van der Waals surface area contributed by atoms with E-state index in [1.165, 1.54) is 0 Å². The van der Waals surface area contributed by atoms with Crippen molar-refractivity contribution in [2.45, 2.75) is 38.1 Å². The Bertz CT molecular complexity index is 355. The summed E-state index contributed by atoms with van der Waals surface area (Å²) in [7, 11) is 0. The molecule has 0 saturated carbocycles. The van der Waals surface area contributed by atoms with Crippen molar-refractivity contribution in [2.24, 2.45) is 11.5 Å². The van der Waals surface area contributed by atoms with E-state index in [-0.39, 0.29) is 12.5 Å². The van der Waals surface area contributed by atoms with Crippen molar-refractivity contribution in [3.05, 3.63) is 10.1 Å². The van der Waals surface area contributed by atoms with Crippen LogP contribution in [0.3, 0.4) is 0 Å². The molecule has 1 fully saturated rings. The molecule has 1 rings (SSSR count). The van der Waals surface area contributed by atoms with Crippen LogP contribution >= 0.6 is 0 Å². The third-order valence-electron chi connectivity index (χ3n) is 3.35. The van der Waals surface area contributed by atoms with Crippen LogP contribution in [0.15, 0.2) is 0 Å². The molecule has 1 amide bonds. The van der Waals surface area contributed by atoms with Gasteiger partial charge < -0.3 is 16.4 Å². The number of unbranched alkanes of at least 4 members (excludes halogenated alkanes) is 1. The lowest BCUT2D eigenvalue weighted by atomic mass is 10.1. The van der Waals surface area contributed by atoms with Gasteiger partial charge in [-0.15, -0.1) is 0 Å². The fraction of sp³-hybridized carbons (Fsp3) is 0.818. The monoisotopic (exact) mass is 286 g/mol. The largest absolute Gasteiger partial charge is 0.365 e. The molecule has 0 aromatic heterocycles. The highest BCUT2D eigenvalue weighted by Gasteiger charge is 2.23. The van der Waals surface area contributed by atoms with Crippen molar-refractivity contribution in [1.82, 2.24) is 9.91 Å². The lowest BCUT2D eigenvalue weighted by Gasteiger charge is -2.20. The van der Waals surface area contributed by atoms with Gasteiger partial charge in [0, 0.05) is 13.1 Å². The number of nitrogens with zero attached hydrogens (tertiary/aromatic N) is 3. The van der Waals surface area contributed by atoms with Gasteiger partial charge in [-0.05, 0) is 32.1 Å². The first-order valence-electron chi connectivity index (χ1n) is 6.73. The first-order chi connectivity index (χ1) is 9.43. The Labute approximate surface area is 117 Å². The van der Waals surface area contributed by atoms with Crippen LogP contribution in [0.2, 0.25) is 0 Å². The van der Waals surface area contributed by atoms with Crippen LogP contribution in [0.5, 0.6) is 0 Å². The summed E-state index contributed by atoms with van der Waals surface area (Å²) in [6.45, 7) is 1.59. The van der Waals surface area contributed by atoms with Crippen LogP contribution in [0.4, 0.5) is 0 Å². The zero-order valence-electron chi connectivity index (χ0n) is 11.5. The smallest absolute Gasteiger partial charge is 0.251 e. The lowest BCUT2D eigenvalue weighted by Crippen LogP contribution is -2.43. The molecule has 5 N–H and O–H groups in total. The summed E-state index contributed by atoms with van der Waals surface area (Å²) in [5, 5.41) is 17.5. The number of hydrazine groups is 1. The molecule has 0 aliphatic carbocycles. The maximum absolute atomic E-state index is 11.9. The molecule has 0 aromatic rings. The summed E-state index contributed by atoms with van der Waals surface area (Å²) in [6, 6.07) is -0.547. The van der Waals surface area contributed by atoms with E-state index in [0.29, 0.717) is 24.3 Å². The van der Waals surface area contributed by atoms with E-state index in [9.17, 15) is 14.9 Å². The average molecular weight is 286 g/mol. The number of amides is 1. The van der Waals surface area contributed by atoms with Crippen LogP contribution < -0.4 is 11.5 Å². The third-order valence-corrected chi connectivity index (χ3v) is 3.35. The molecule has 1 aliphatic rings. The number of hydrogen-bond acceptors (Lipinski definition) is 5. The summed E-state index contributed by atoms with van der Waals surface area (Å²) < 4.78 is 0. The fourth-order valence-corrected chi connectivity index (χ4v) is 2.21. The third kappa shape index (κ3) is 4.65. The van der Waals surface area contributed by atoms with E-state index in [4.69, 9.17) is 16.9 Å². The SMILES string of the molecule is N=C(N)N(CCCCC(N)C(=O)N1CCCC1)[N+](=O)[O-]. The van der Waals surface area contributed by atoms with Gasteiger partial charge in [0.1, 0.15) is 0 Å². The lowest BCUT2D eigenvalue weighted by molar-refractivity contribution is -0.629. The highest BCUT2D eigenvalue weighted by molar-refractivity contribution is 5.81. The Morgan fingerprint density at radius 3 is 2.50 bits per heavy atom. The van der Waals surface area contributed by atoms with Crippen LogP contribution in [0.1, 0.15) is 32.1 Å². The van der Waals surface area contributed by atoms with Gasteiger partial charge in [-0.1, -0.05) is 5.01 Å². The standard InChI is InChI=1S/C11H22N6O3/c12-9(10(18)15-6-3-4-7-15)5-1-2-8-16(11(13)14)17(19)20/h9H,1-8,12H2,(H3,13,14). The molecule has 1 unspecified atom stereocenters. The minimum absolute atomic E-state index is 0.0415. The predicted molar refractivity (Wildman–Crippen MR) is 73.3 cm³/mol. The summed E-state index contributed by atoms with van der Waals surface area (Å²) in [6.07, 6.45) is 3.57. The zero-order chi connectivity index (χ0) is 15.1. The van der Waals surface area contributed by atoms with Gasteiger partial charge in [0.15, 0.2) is 5.03 Å². The predicted octanol–water partition coefficient (Wildman–Crippen LogP) is -0.506. The zero-order valence-corrected chi connectivity index (χ0v) is 11.5.